The molecule has 0 atom stereocenters. The molecule has 1 aliphatic rings. The van der Waals surface area contributed by atoms with E-state index < -0.39 is 24.4 Å². The molecule has 2 N–H and O–H groups in total. The Hall–Kier alpha value is -4.10. The first-order valence-corrected chi connectivity index (χ1v) is 10.9. The minimum Gasteiger partial charge on any atom is -0.488 e. The Morgan fingerprint density at radius 1 is 1.03 bits per heavy atom. The predicted octanol–water partition coefficient (Wildman–Crippen LogP) is 4.76. The monoisotopic (exact) mass is 475 g/mol. The van der Waals surface area contributed by atoms with Crippen LogP contribution >= 0.6 is 11.6 Å². The van der Waals surface area contributed by atoms with Gasteiger partial charge in [0, 0.05) is 21.8 Å². The van der Waals surface area contributed by atoms with Crippen molar-refractivity contribution in [3.63, 3.8) is 0 Å². The lowest BCUT2D eigenvalue weighted by atomic mass is 10.1. The maximum atomic E-state index is 12.8. The maximum Gasteiger partial charge on any atom is 0.329 e. The normalized spacial score (nSPS) is 14.3. The molecule has 1 saturated heterocycles. The Kier molecular flexibility index (Phi) is 6.94. The summed E-state index contributed by atoms with van der Waals surface area (Å²) in [5, 5.41) is 5.81. The van der Waals surface area contributed by atoms with E-state index in [4.69, 9.17) is 16.3 Å². The van der Waals surface area contributed by atoms with E-state index in [-0.39, 0.29) is 12.3 Å². The van der Waals surface area contributed by atoms with Crippen LogP contribution in [-0.4, -0.2) is 29.3 Å². The Labute approximate surface area is 202 Å². The van der Waals surface area contributed by atoms with E-state index in [1.807, 2.05) is 37.3 Å². The summed E-state index contributed by atoms with van der Waals surface area (Å²) < 4.78 is 5.91. The number of carbonyl (C=O) groups is 3. The summed E-state index contributed by atoms with van der Waals surface area (Å²) >= 11 is 6.20. The van der Waals surface area contributed by atoms with Gasteiger partial charge in [0.2, 0.25) is 5.91 Å². The van der Waals surface area contributed by atoms with Crippen molar-refractivity contribution in [1.82, 2.24) is 10.2 Å². The van der Waals surface area contributed by atoms with Gasteiger partial charge in [-0.2, -0.15) is 0 Å². The van der Waals surface area contributed by atoms with Gasteiger partial charge in [0.1, 0.15) is 24.6 Å². The summed E-state index contributed by atoms with van der Waals surface area (Å²) in [6.07, 6.45) is 1.53. The number of ether oxygens (including phenoxy) is 1. The number of hydrogen-bond donors (Lipinski definition) is 2. The molecule has 0 spiro atoms. The van der Waals surface area contributed by atoms with Crippen molar-refractivity contribution in [2.45, 2.75) is 13.5 Å². The maximum absolute atomic E-state index is 12.8. The largest absolute Gasteiger partial charge is 0.488 e. The molecule has 8 heteroatoms. The van der Waals surface area contributed by atoms with Crippen LogP contribution in [0.2, 0.25) is 5.02 Å². The highest BCUT2D eigenvalue weighted by Crippen LogP contribution is 2.25. The average Bonchev–Trinajstić information content (AvgIpc) is 3.08. The number of halogens is 1. The third-order valence-corrected chi connectivity index (χ3v) is 5.53. The van der Waals surface area contributed by atoms with Crippen molar-refractivity contribution < 1.29 is 19.1 Å². The molecule has 0 aromatic heterocycles. The lowest BCUT2D eigenvalue weighted by Crippen LogP contribution is -2.38. The number of urea groups is 1. The van der Waals surface area contributed by atoms with Crippen molar-refractivity contribution in [2.75, 3.05) is 11.9 Å². The van der Waals surface area contributed by atoms with Gasteiger partial charge in [-0.25, -0.2) is 9.69 Å². The Bertz CT molecular complexity index is 1270. The zero-order valence-corrected chi connectivity index (χ0v) is 19.1. The number of nitrogens with one attached hydrogen (secondary N) is 2. The number of amides is 4. The van der Waals surface area contributed by atoms with E-state index in [1.54, 1.807) is 42.5 Å². The molecule has 1 aliphatic heterocycles. The van der Waals surface area contributed by atoms with Crippen molar-refractivity contribution in [2.24, 2.45) is 0 Å². The van der Waals surface area contributed by atoms with E-state index in [0.717, 1.165) is 16.0 Å². The van der Waals surface area contributed by atoms with Gasteiger partial charge in [0.25, 0.3) is 5.91 Å². The molecular weight excluding hydrogens is 454 g/mol. The molecular formula is C26H22ClN3O4. The summed E-state index contributed by atoms with van der Waals surface area (Å²) in [4.78, 5) is 38.4. The van der Waals surface area contributed by atoms with Crippen LogP contribution in [-0.2, 0) is 16.2 Å². The predicted molar refractivity (Wildman–Crippen MR) is 130 cm³/mol. The standard InChI is InChI=1S/C26H22ClN3O4/c1-17-10-12-20(13-11-17)28-24(31)15-30-25(32)22(29-26(30)33)14-18-6-3-5-9-23(18)34-16-19-7-2-4-8-21(19)27/h2-14H,15-16H2,1H3,(H,28,31)(H,29,33)/b22-14+. The number of imide groups is 1. The highest BCUT2D eigenvalue weighted by Gasteiger charge is 2.35. The zero-order chi connectivity index (χ0) is 24.1. The smallest absolute Gasteiger partial charge is 0.329 e. The van der Waals surface area contributed by atoms with Crippen molar-refractivity contribution in [3.05, 3.63) is 100 Å². The molecule has 3 aromatic carbocycles. The number of carbonyl (C=O) groups excluding carboxylic acids is 3. The van der Waals surface area contributed by atoms with E-state index in [1.165, 1.54) is 6.08 Å². The van der Waals surface area contributed by atoms with Crippen molar-refractivity contribution in [3.8, 4) is 5.75 Å². The molecule has 1 fully saturated rings. The summed E-state index contributed by atoms with van der Waals surface area (Å²) in [5.74, 6) is -0.547. The second kappa shape index (κ2) is 10.2. The topological polar surface area (TPSA) is 87.7 Å². The molecule has 0 saturated carbocycles. The van der Waals surface area contributed by atoms with Crippen molar-refractivity contribution in [1.29, 1.82) is 0 Å². The highest BCUT2D eigenvalue weighted by atomic mass is 35.5. The second-order valence-electron chi connectivity index (χ2n) is 7.71. The number of para-hydroxylation sites is 1. The van der Waals surface area contributed by atoms with Gasteiger partial charge >= 0.3 is 6.03 Å². The van der Waals surface area contributed by atoms with E-state index >= 15 is 0 Å². The summed E-state index contributed by atoms with van der Waals surface area (Å²) in [7, 11) is 0. The van der Waals surface area contributed by atoms with E-state index in [9.17, 15) is 14.4 Å². The minimum absolute atomic E-state index is 0.0573. The van der Waals surface area contributed by atoms with Crippen LogP contribution in [0.25, 0.3) is 6.08 Å². The molecule has 4 amide bonds. The minimum atomic E-state index is -0.662. The molecule has 0 aliphatic carbocycles. The third-order valence-electron chi connectivity index (χ3n) is 5.16. The first-order valence-electron chi connectivity index (χ1n) is 10.6. The fourth-order valence-electron chi connectivity index (χ4n) is 3.35. The summed E-state index contributed by atoms with van der Waals surface area (Å²) in [6.45, 7) is 1.78. The van der Waals surface area contributed by atoms with Crippen LogP contribution in [0.1, 0.15) is 16.7 Å². The second-order valence-corrected chi connectivity index (χ2v) is 8.12. The lowest BCUT2D eigenvalue weighted by molar-refractivity contribution is -0.127. The molecule has 172 valence electrons. The van der Waals surface area contributed by atoms with Crippen LogP contribution in [0.3, 0.4) is 0 Å². The van der Waals surface area contributed by atoms with E-state index in [2.05, 4.69) is 10.6 Å². The van der Waals surface area contributed by atoms with Gasteiger partial charge in [-0.3, -0.25) is 9.59 Å². The van der Waals surface area contributed by atoms with Gasteiger partial charge in [-0.15, -0.1) is 0 Å². The molecule has 4 rings (SSSR count). The first-order chi connectivity index (χ1) is 16.4. The van der Waals surface area contributed by atoms with Crippen molar-refractivity contribution >= 4 is 41.2 Å². The zero-order valence-electron chi connectivity index (χ0n) is 18.4. The number of anilines is 1. The fraction of sp³-hybridized carbons (Fsp3) is 0.115. The summed E-state index contributed by atoms with van der Waals surface area (Å²) in [5.41, 5.74) is 3.12. The molecule has 0 bridgehead atoms. The van der Waals surface area contributed by atoms with Crippen LogP contribution in [0.5, 0.6) is 5.75 Å². The van der Waals surface area contributed by atoms with Gasteiger partial charge in [0.05, 0.1) is 0 Å². The van der Waals surface area contributed by atoms with Gasteiger partial charge in [-0.1, -0.05) is 65.7 Å². The fourth-order valence-corrected chi connectivity index (χ4v) is 3.54. The first kappa shape index (κ1) is 23.1. The number of nitrogens with zero attached hydrogens (tertiary/aromatic N) is 1. The highest BCUT2D eigenvalue weighted by molar-refractivity contribution is 6.31. The third kappa shape index (κ3) is 5.44. The van der Waals surface area contributed by atoms with Gasteiger partial charge < -0.3 is 15.4 Å². The Morgan fingerprint density at radius 2 is 1.74 bits per heavy atom. The number of rotatable bonds is 7. The number of aryl methyl sites for hydroxylation is 1. The van der Waals surface area contributed by atoms with Gasteiger partial charge in [-0.05, 0) is 37.3 Å². The molecule has 1 heterocycles. The number of benzene rings is 3. The van der Waals surface area contributed by atoms with Crippen LogP contribution < -0.4 is 15.4 Å². The molecule has 0 radical (unpaired) electrons. The number of hydrogen-bond acceptors (Lipinski definition) is 4. The Morgan fingerprint density at radius 3 is 2.50 bits per heavy atom. The van der Waals surface area contributed by atoms with E-state index in [0.29, 0.717) is 22.0 Å². The van der Waals surface area contributed by atoms with Crippen LogP contribution in [0.15, 0.2) is 78.5 Å². The van der Waals surface area contributed by atoms with Gasteiger partial charge in [0.15, 0.2) is 0 Å². The SMILES string of the molecule is Cc1ccc(NC(=O)CN2C(=O)N/C(=C/c3ccccc3OCc3ccccc3Cl)C2=O)cc1. The molecule has 7 nitrogen and oxygen atoms in total. The lowest BCUT2D eigenvalue weighted by Gasteiger charge is -2.12. The average molecular weight is 476 g/mol. The van der Waals surface area contributed by atoms with Crippen LogP contribution in [0.4, 0.5) is 10.5 Å². The Balaban J connectivity index is 1.45. The molecule has 0 unspecified atom stereocenters. The molecule has 34 heavy (non-hydrogen) atoms. The molecule has 3 aromatic rings. The van der Waals surface area contributed by atoms with Crippen LogP contribution in [0, 0.1) is 6.92 Å². The quantitative estimate of drug-likeness (QED) is 0.381. The summed E-state index contributed by atoms with van der Waals surface area (Å²) in [6, 6.07) is 21.0.